The molecule has 1 atom stereocenters. The van der Waals surface area contributed by atoms with E-state index >= 15 is 0 Å². The van der Waals surface area contributed by atoms with Crippen molar-refractivity contribution in [2.45, 2.75) is 46.5 Å². The molecule has 0 amide bonds. The Balaban J connectivity index is 2.25. The summed E-state index contributed by atoms with van der Waals surface area (Å²) < 4.78 is 5.38. The van der Waals surface area contributed by atoms with Gasteiger partial charge in [-0.3, -0.25) is 0 Å². The molecule has 0 bridgehead atoms. The van der Waals surface area contributed by atoms with Crippen molar-refractivity contribution < 1.29 is 4.52 Å². The van der Waals surface area contributed by atoms with Crippen LogP contribution in [0.2, 0.25) is 0 Å². The van der Waals surface area contributed by atoms with Crippen LogP contribution in [0.1, 0.15) is 51.4 Å². The molecule has 3 heteroatoms. The Morgan fingerprint density at radius 2 is 2.13 bits per heavy atom. The van der Waals surface area contributed by atoms with Crippen LogP contribution in [-0.4, -0.2) is 5.16 Å². The van der Waals surface area contributed by atoms with Gasteiger partial charge in [0.05, 0.1) is 0 Å². The molecule has 1 heterocycles. The number of hydrogen-bond acceptors (Lipinski definition) is 3. The average Bonchev–Trinajstić information content (AvgIpc) is 2.58. The molecule has 0 aromatic carbocycles. The van der Waals surface area contributed by atoms with Gasteiger partial charge in [-0.15, -0.1) is 0 Å². The Kier molecular flexibility index (Phi) is 2.28. The molecule has 0 saturated heterocycles. The molecule has 1 saturated carbocycles. The van der Waals surface area contributed by atoms with Crippen molar-refractivity contribution in [2.24, 2.45) is 11.3 Å². The first-order chi connectivity index (χ1) is 6.92. The van der Waals surface area contributed by atoms with E-state index in [0.717, 1.165) is 17.7 Å². The third kappa shape index (κ3) is 1.87. The molecule has 1 aromatic rings. The fraction of sp³-hybridized carbons (Fsp3) is 0.750. The van der Waals surface area contributed by atoms with Gasteiger partial charge in [-0.1, -0.05) is 32.9 Å². The number of nitrogens with two attached hydrogens (primary N) is 1. The minimum Gasteiger partial charge on any atom is -0.381 e. The number of rotatable bonds is 3. The summed E-state index contributed by atoms with van der Waals surface area (Å²) >= 11 is 0. The molecule has 1 fully saturated rings. The topological polar surface area (TPSA) is 52.0 Å². The smallest absolute Gasteiger partial charge is 0.170 e. The monoisotopic (exact) mass is 208 g/mol. The second kappa shape index (κ2) is 3.26. The van der Waals surface area contributed by atoms with E-state index in [1.165, 1.54) is 6.42 Å². The largest absolute Gasteiger partial charge is 0.381 e. The standard InChI is InChI=1S/C12H20N2O/c1-7(2)5-8-10(15-14-11(8)13)9-6-12(9,3)4/h7,9H,5-6H2,1-4H3,(H2,13,14). The van der Waals surface area contributed by atoms with Crippen LogP contribution in [0.15, 0.2) is 4.52 Å². The first-order valence-electron chi connectivity index (χ1n) is 5.65. The Labute approximate surface area is 91.0 Å². The Hall–Kier alpha value is -0.990. The van der Waals surface area contributed by atoms with Gasteiger partial charge in [0.1, 0.15) is 5.76 Å². The number of aromatic nitrogens is 1. The predicted octanol–water partition coefficient (Wildman–Crippen LogP) is 2.97. The van der Waals surface area contributed by atoms with Crippen LogP contribution in [0.5, 0.6) is 0 Å². The van der Waals surface area contributed by atoms with E-state index in [-0.39, 0.29) is 0 Å². The number of anilines is 1. The van der Waals surface area contributed by atoms with E-state index in [4.69, 9.17) is 10.3 Å². The molecule has 1 aliphatic rings. The molecule has 1 aliphatic carbocycles. The molecule has 0 aliphatic heterocycles. The summed E-state index contributed by atoms with van der Waals surface area (Å²) in [5.41, 5.74) is 7.35. The van der Waals surface area contributed by atoms with Gasteiger partial charge in [0.25, 0.3) is 0 Å². The second-order valence-corrected chi connectivity index (χ2v) is 5.75. The SMILES string of the molecule is CC(C)Cc1c(N)noc1C1CC1(C)C. The van der Waals surface area contributed by atoms with Crippen LogP contribution in [0.3, 0.4) is 0 Å². The van der Waals surface area contributed by atoms with E-state index in [9.17, 15) is 0 Å². The zero-order chi connectivity index (χ0) is 11.2. The van der Waals surface area contributed by atoms with Crippen molar-refractivity contribution in [1.29, 1.82) is 0 Å². The Morgan fingerprint density at radius 3 is 2.60 bits per heavy atom. The summed E-state index contributed by atoms with van der Waals surface area (Å²) in [7, 11) is 0. The molecule has 0 spiro atoms. The molecule has 2 rings (SSSR count). The highest BCUT2D eigenvalue weighted by molar-refractivity contribution is 5.44. The lowest BCUT2D eigenvalue weighted by atomic mass is 9.99. The molecule has 0 radical (unpaired) electrons. The van der Waals surface area contributed by atoms with Crippen LogP contribution in [0, 0.1) is 11.3 Å². The van der Waals surface area contributed by atoms with E-state index in [2.05, 4.69) is 32.9 Å². The third-order valence-corrected chi connectivity index (χ3v) is 3.29. The van der Waals surface area contributed by atoms with Crippen LogP contribution >= 0.6 is 0 Å². The molecule has 1 unspecified atom stereocenters. The maximum atomic E-state index is 5.84. The van der Waals surface area contributed by atoms with E-state index in [1.54, 1.807) is 0 Å². The Morgan fingerprint density at radius 1 is 1.53 bits per heavy atom. The van der Waals surface area contributed by atoms with Gasteiger partial charge in [-0.2, -0.15) is 0 Å². The van der Waals surface area contributed by atoms with E-state index < -0.39 is 0 Å². The molecule has 84 valence electrons. The lowest BCUT2D eigenvalue weighted by Crippen LogP contribution is -2.01. The summed E-state index contributed by atoms with van der Waals surface area (Å²) in [4.78, 5) is 0. The Bertz CT molecular complexity index is 366. The summed E-state index contributed by atoms with van der Waals surface area (Å²) in [6, 6.07) is 0. The molecular formula is C12H20N2O. The lowest BCUT2D eigenvalue weighted by molar-refractivity contribution is 0.372. The minimum atomic E-state index is 0.373. The van der Waals surface area contributed by atoms with Gasteiger partial charge in [0.15, 0.2) is 5.82 Å². The third-order valence-electron chi connectivity index (χ3n) is 3.29. The molecule has 3 nitrogen and oxygen atoms in total. The summed E-state index contributed by atoms with van der Waals surface area (Å²) in [6.07, 6.45) is 2.16. The van der Waals surface area contributed by atoms with E-state index in [1.807, 2.05) is 0 Å². The zero-order valence-corrected chi connectivity index (χ0v) is 10.0. The number of nitrogens with zero attached hydrogens (tertiary/aromatic N) is 1. The van der Waals surface area contributed by atoms with Crippen LogP contribution in [0.4, 0.5) is 5.82 Å². The van der Waals surface area contributed by atoms with Crippen LogP contribution in [-0.2, 0) is 6.42 Å². The van der Waals surface area contributed by atoms with Crippen LogP contribution in [0.25, 0.3) is 0 Å². The maximum absolute atomic E-state index is 5.84. The summed E-state index contributed by atoms with van der Waals surface area (Å²) in [5.74, 6) is 2.73. The molecule has 15 heavy (non-hydrogen) atoms. The maximum Gasteiger partial charge on any atom is 0.170 e. The molecule has 1 aromatic heterocycles. The van der Waals surface area contributed by atoms with Gasteiger partial charge < -0.3 is 10.3 Å². The molecular weight excluding hydrogens is 188 g/mol. The van der Waals surface area contributed by atoms with Gasteiger partial charge >= 0.3 is 0 Å². The highest BCUT2D eigenvalue weighted by Crippen LogP contribution is 2.59. The van der Waals surface area contributed by atoms with Gasteiger partial charge in [-0.25, -0.2) is 0 Å². The number of hydrogen-bond donors (Lipinski definition) is 1. The first-order valence-corrected chi connectivity index (χ1v) is 5.65. The van der Waals surface area contributed by atoms with E-state index in [0.29, 0.717) is 23.1 Å². The predicted molar refractivity (Wildman–Crippen MR) is 60.6 cm³/mol. The van der Waals surface area contributed by atoms with Crippen molar-refractivity contribution in [3.63, 3.8) is 0 Å². The van der Waals surface area contributed by atoms with Gasteiger partial charge in [0.2, 0.25) is 0 Å². The van der Waals surface area contributed by atoms with Gasteiger partial charge in [-0.05, 0) is 24.2 Å². The zero-order valence-electron chi connectivity index (χ0n) is 10.0. The minimum absolute atomic E-state index is 0.373. The highest BCUT2D eigenvalue weighted by Gasteiger charge is 2.50. The van der Waals surface area contributed by atoms with Gasteiger partial charge in [0, 0.05) is 11.5 Å². The van der Waals surface area contributed by atoms with Crippen molar-refractivity contribution in [3.8, 4) is 0 Å². The highest BCUT2D eigenvalue weighted by atomic mass is 16.5. The first kappa shape index (κ1) is 10.5. The fourth-order valence-corrected chi connectivity index (χ4v) is 2.14. The van der Waals surface area contributed by atoms with Crippen molar-refractivity contribution in [2.75, 3.05) is 5.73 Å². The van der Waals surface area contributed by atoms with Crippen molar-refractivity contribution in [1.82, 2.24) is 5.16 Å². The fourth-order valence-electron chi connectivity index (χ4n) is 2.14. The normalized spacial score (nSPS) is 23.4. The average molecular weight is 208 g/mol. The summed E-state index contributed by atoms with van der Waals surface area (Å²) in [6.45, 7) is 8.90. The number of nitrogen functional groups attached to an aromatic ring is 1. The lowest BCUT2D eigenvalue weighted by Gasteiger charge is -2.06. The van der Waals surface area contributed by atoms with Crippen LogP contribution < -0.4 is 5.73 Å². The second-order valence-electron chi connectivity index (χ2n) is 5.75. The van der Waals surface area contributed by atoms with Crippen molar-refractivity contribution >= 4 is 5.82 Å². The van der Waals surface area contributed by atoms with Crippen molar-refractivity contribution in [3.05, 3.63) is 11.3 Å². The molecule has 2 N–H and O–H groups in total. The quantitative estimate of drug-likeness (QED) is 0.830. The summed E-state index contributed by atoms with van der Waals surface area (Å²) in [5, 5.41) is 3.90.